The van der Waals surface area contributed by atoms with Crippen LogP contribution in [0.5, 0.6) is 0 Å². The maximum absolute atomic E-state index is 14.3. The van der Waals surface area contributed by atoms with Gasteiger partial charge in [0.25, 0.3) is 0 Å². The number of aryl methyl sites for hydroxylation is 1. The van der Waals surface area contributed by atoms with Gasteiger partial charge in [-0.2, -0.15) is 23.0 Å². The maximum Gasteiger partial charge on any atom is 0.428 e. The SMILES string of the molecule is Cc1nn(-c2nc3ccccc3[nH]2)c(N)c1C(O)(c1nc2ccccc2s1)C(F)(F)F. The Morgan fingerprint density at radius 2 is 1.71 bits per heavy atom. The zero-order valence-corrected chi connectivity index (χ0v) is 16.8. The van der Waals surface area contributed by atoms with Crippen LogP contribution in [0.4, 0.5) is 19.0 Å². The molecule has 3 aromatic heterocycles. The van der Waals surface area contributed by atoms with E-state index in [0.717, 1.165) is 16.0 Å². The fourth-order valence-corrected chi connectivity index (χ4v) is 4.67. The molecule has 31 heavy (non-hydrogen) atoms. The molecule has 3 heterocycles. The highest BCUT2D eigenvalue weighted by Gasteiger charge is 2.61. The molecule has 5 rings (SSSR count). The zero-order chi connectivity index (χ0) is 22.0. The number of aliphatic hydroxyl groups is 1. The van der Waals surface area contributed by atoms with Crippen molar-refractivity contribution in [2.24, 2.45) is 0 Å². The molecular weight excluding hydrogens is 429 g/mol. The lowest BCUT2D eigenvalue weighted by Gasteiger charge is -2.28. The van der Waals surface area contributed by atoms with Gasteiger partial charge in [0.15, 0.2) is 0 Å². The average Bonchev–Trinajstić information content (AvgIpc) is 3.41. The Hall–Kier alpha value is -3.44. The quantitative estimate of drug-likeness (QED) is 0.389. The van der Waals surface area contributed by atoms with Crippen molar-refractivity contribution in [1.82, 2.24) is 24.7 Å². The summed E-state index contributed by atoms with van der Waals surface area (Å²) >= 11 is 0.755. The summed E-state index contributed by atoms with van der Waals surface area (Å²) in [5.74, 6) is -0.238. The molecule has 0 saturated carbocycles. The van der Waals surface area contributed by atoms with E-state index < -0.39 is 22.3 Å². The van der Waals surface area contributed by atoms with Gasteiger partial charge in [-0.15, -0.1) is 11.3 Å². The van der Waals surface area contributed by atoms with E-state index in [9.17, 15) is 18.3 Å². The Kier molecular flexibility index (Phi) is 4.11. The van der Waals surface area contributed by atoms with Crippen molar-refractivity contribution < 1.29 is 18.3 Å². The number of fused-ring (bicyclic) bond motifs is 2. The molecule has 0 aliphatic heterocycles. The number of thiazole rings is 1. The fraction of sp³-hybridized carbons (Fsp3) is 0.150. The summed E-state index contributed by atoms with van der Waals surface area (Å²) in [6.45, 7) is 1.36. The first-order valence-electron chi connectivity index (χ1n) is 9.16. The molecule has 158 valence electrons. The molecule has 5 aromatic rings. The number of aromatic amines is 1. The summed E-state index contributed by atoms with van der Waals surface area (Å²) in [5.41, 5.74) is 3.66. The van der Waals surface area contributed by atoms with Gasteiger partial charge in [-0.25, -0.2) is 9.97 Å². The number of H-pyrrole nitrogens is 1. The summed E-state index contributed by atoms with van der Waals surface area (Å²) in [6.07, 6.45) is -5.10. The van der Waals surface area contributed by atoms with Crippen LogP contribution >= 0.6 is 11.3 Å². The number of para-hydroxylation sites is 3. The summed E-state index contributed by atoms with van der Waals surface area (Å²) in [5, 5.41) is 14.7. The molecule has 1 unspecified atom stereocenters. The van der Waals surface area contributed by atoms with Crippen LogP contribution in [0.3, 0.4) is 0 Å². The fourth-order valence-electron chi connectivity index (χ4n) is 3.59. The van der Waals surface area contributed by atoms with Crippen molar-refractivity contribution in [1.29, 1.82) is 0 Å². The number of nitrogen functional groups attached to an aromatic ring is 1. The lowest BCUT2D eigenvalue weighted by Crippen LogP contribution is -2.44. The van der Waals surface area contributed by atoms with E-state index in [0.29, 0.717) is 21.3 Å². The van der Waals surface area contributed by atoms with E-state index in [4.69, 9.17) is 5.73 Å². The van der Waals surface area contributed by atoms with E-state index in [-0.39, 0.29) is 17.5 Å². The van der Waals surface area contributed by atoms with Crippen LogP contribution in [0.25, 0.3) is 27.2 Å². The number of anilines is 1. The minimum atomic E-state index is -5.10. The molecule has 4 N–H and O–H groups in total. The third kappa shape index (κ3) is 2.81. The lowest BCUT2D eigenvalue weighted by molar-refractivity contribution is -0.248. The number of halogens is 3. The van der Waals surface area contributed by atoms with Crippen molar-refractivity contribution in [2.45, 2.75) is 18.7 Å². The number of benzene rings is 2. The monoisotopic (exact) mass is 444 g/mol. The molecule has 11 heteroatoms. The number of hydrogen-bond acceptors (Lipinski definition) is 6. The highest BCUT2D eigenvalue weighted by molar-refractivity contribution is 7.18. The molecular formula is C20H15F3N6OS. The Bertz CT molecular complexity index is 1370. The molecule has 0 aliphatic carbocycles. The van der Waals surface area contributed by atoms with Gasteiger partial charge in [-0.05, 0) is 31.2 Å². The third-order valence-corrected chi connectivity index (χ3v) is 6.19. The van der Waals surface area contributed by atoms with Crippen molar-refractivity contribution in [3.63, 3.8) is 0 Å². The summed E-state index contributed by atoms with van der Waals surface area (Å²) in [6, 6.07) is 13.7. The minimum Gasteiger partial charge on any atom is -0.383 e. The number of nitrogens with two attached hydrogens (primary N) is 1. The molecule has 0 aliphatic rings. The van der Waals surface area contributed by atoms with Crippen LogP contribution in [-0.2, 0) is 5.60 Å². The van der Waals surface area contributed by atoms with Crippen molar-refractivity contribution in [3.8, 4) is 5.95 Å². The van der Waals surface area contributed by atoms with Crippen LogP contribution in [0.1, 0.15) is 16.3 Å². The molecule has 0 amide bonds. The van der Waals surface area contributed by atoms with E-state index in [1.54, 1.807) is 48.5 Å². The molecule has 0 radical (unpaired) electrons. The van der Waals surface area contributed by atoms with Crippen molar-refractivity contribution >= 4 is 38.4 Å². The molecule has 0 saturated heterocycles. The predicted molar refractivity (Wildman–Crippen MR) is 111 cm³/mol. The number of hydrogen-bond donors (Lipinski definition) is 3. The second-order valence-corrected chi connectivity index (χ2v) is 8.06. The standard InChI is InChI=1S/C20H15F3N6OS/c1-10-15(16(24)29(28-10)18-26-11-6-2-3-7-12(11)27-18)19(30,20(21,22)23)17-25-13-8-4-5-9-14(13)31-17/h2-9,30H,24H2,1H3,(H,26,27). The number of rotatable bonds is 3. The smallest absolute Gasteiger partial charge is 0.383 e. The number of aromatic nitrogens is 5. The van der Waals surface area contributed by atoms with Gasteiger partial charge in [-0.3, -0.25) is 0 Å². The first-order valence-corrected chi connectivity index (χ1v) is 9.97. The molecule has 1 atom stereocenters. The van der Waals surface area contributed by atoms with E-state index >= 15 is 0 Å². The second kappa shape index (κ2) is 6.53. The van der Waals surface area contributed by atoms with Crippen LogP contribution in [0, 0.1) is 6.92 Å². The maximum atomic E-state index is 14.3. The first-order chi connectivity index (χ1) is 14.7. The van der Waals surface area contributed by atoms with E-state index in [2.05, 4.69) is 20.1 Å². The summed E-state index contributed by atoms with van der Waals surface area (Å²) in [7, 11) is 0. The number of nitrogens with one attached hydrogen (secondary N) is 1. The molecule has 0 bridgehead atoms. The highest BCUT2D eigenvalue weighted by atomic mass is 32.1. The third-order valence-electron chi connectivity index (χ3n) is 5.05. The Morgan fingerprint density at radius 3 is 2.39 bits per heavy atom. The first kappa shape index (κ1) is 19.5. The van der Waals surface area contributed by atoms with Crippen LogP contribution < -0.4 is 5.73 Å². The van der Waals surface area contributed by atoms with Gasteiger partial charge in [0.05, 0.1) is 32.5 Å². The predicted octanol–water partition coefficient (Wildman–Crippen LogP) is 4.05. The van der Waals surface area contributed by atoms with Crippen molar-refractivity contribution in [3.05, 3.63) is 64.8 Å². The van der Waals surface area contributed by atoms with E-state index in [1.165, 1.54) is 6.92 Å². The highest BCUT2D eigenvalue weighted by Crippen LogP contribution is 2.49. The number of nitrogens with zero attached hydrogens (tertiary/aromatic N) is 4. The second-order valence-electron chi connectivity index (χ2n) is 7.03. The lowest BCUT2D eigenvalue weighted by atomic mass is 9.93. The normalized spacial score (nSPS) is 14.4. The molecule has 2 aromatic carbocycles. The van der Waals surface area contributed by atoms with Gasteiger partial charge < -0.3 is 15.8 Å². The van der Waals surface area contributed by atoms with E-state index in [1.807, 2.05) is 0 Å². The van der Waals surface area contributed by atoms with Crippen molar-refractivity contribution in [2.75, 3.05) is 5.73 Å². The van der Waals surface area contributed by atoms with Gasteiger partial charge in [0, 0.05) is 0 Å². The largest absolute Gasteiger partial charge is 0.428 e. The van der Waals surface area contributed by atoms with Gasteiger partial charge in [0.2, 0.25) is 11.5 Å². The summed E-state index contributed by atoms with van der Waals surface area (Å²) in [4.78, 5) is 11.4. The summed E-state index contributed by atoms with van der Waals surface area (Å²) < 4.78 is 44.6. The minimum absolute atomic E-state index is 0.0861. The van der Waals surface area contributed by atoms with Crippen LogP contribution in [0.2, 0.25) is 0 Å². The Labute approximate surface area is 177 Å². The molecule has 7 nitrogen and oxygen atoms in total. The molecule has 0 spiro atoms. The van der Waals surface area contributed by atoms with Crippen LogP contribution in [0.15, 0.2) is 48.5 Å². The molecule has 0 fully saturated rings. The van der Waals surface area contributed by atoms with Gasteiger partial charge in [-0.1, -0.05) is 24.3 Å². The topological polar surface area (TPSA) is 106 Å². The van der Waals surface area contributed by atoms with Gasteiger partial charge >= 0.3 is 6.18 Å². The Balaban J connectivity index is 1.74. The Morgan fingerprint density at radius 1 is 1.03 bits per heavy atom. The number of imidazole rings is 1. The average molecular weight is 444 g/mol. The number of alkyl halides is 3. The van der Waals surface area contributed by atoms with Crippen LogP contribution in [-0.4, -0.2) is 36.0 Å². The van der Waals surface area contributed by atoms with Gasteiger partial charge in [0.1, 0.15) is 10.8 Å². The zero-order valence-electron chi connectivity index (χ0n) is 16.0.